The highest BCUT2D eigenvalue weighted by Gasteiger charge is 2.45. The molecule has 5 rings (SSSR count). The number of imide groups is 1. The van der Waals surface area contributed by atoms with Gasteiger partial charge < -0.3 is 14.4 Å². The Balaban J connectivity index is 1.68. The van der Waals surface area contributed by atoms with Crippen LogP contribution in [0, 0.1) is 0 Å². The number of hydrogen-bond donors (Lipinski definition) is 0. The number of nitrogens with zero attached hydrogens (tertiary/aromatic N) is 2. The maximum atomic E-state index is 13.8. The highest BCUT2D eigenvalue weighted by Crippen LogP contribution is 2.43. The van der Waals surface area contributed by atoms with Gasteiger partial charge in [-0.15, -0.1) is 11.3 Å². The summed E-state index contributed by atoms with van der Waals surface area (Å²) >= 11 is 1.44. The number of ether oxygens (including phenoxy) is 2. The number of carbonyl (C=O) groups is 2. The number of thiophene rings is 1. The van der Waals surface area contributed by atoms with E-state index >= 15 is 0 Å². The number of hydrogen-bond acceptors (Lipinski definition) is 6. The van der Waals surface area contributed by atoms with Gasteiger partial charge in [0.2, 0.25) is 0 Å². The molecule has 0 fully saturated rings. The smallest absolute Gasteiger partial charge is 0.282 e. The molecule has 156 valence electrons. The Morgan fingerprint density at radius 3 is 2.48 bits per heavy atom. The summed E-state index contributed by atoms with van der Waals surface area (Å²) in [7, 11) is 3.06. The zero-order valence-electron chi connectivity index (χ0n) is 17.1. The van der Waals surface area contributed by atoms with Gasteiger partial charge in [0.25, 0.3) is 11.8 Å². The lowest BCUT2D eigenvalue weighted by Crippen LogP contribution is -2.35. The van der Waals surface area contributed by atoms with Crippen LogP contribution in [0.25, 0.3) is 5.57 Å². The molecule has 0 spiro atoms. The predicted molar refractivity (Wildman–Crippen MR) is 121 cm³/mol. The average molecular weight is 433 g/mol. The molecule has 2 aliphatic rings. The molecule has 2 aromatic carbocycles. The van der Waals surface area contributed by atoms with E-state index in [1.165, 1.54) is 23.3 Å². The van der Waals surface area contributed by atoms with Gasteiger partial charge in [-0.25, -0.2) is 4.90 Å². The number of fused-ring (bicyclic) bond motifs is 1. The van der Waals surface area contributed by atoms with Crippen LogP contribution in [0.3, 0.4) is 0 Å². The van der Waals surface area contributed by atoms with E-state index in [0.29, 0.717) is 35.0 Å². The van der Waals surface area contributed by atoms with Gasteiger partial charge in [0.05, 0.1) is 25.5 Å². The fraction of sp³-hybridized carbons (Fsp3) is 0.167. The van der Waals surface area contributed by atoms with E-state index in [9.17, 15) is 9.59 Å². The van der Waals surface area contributed by atoms with Crippen LogP contribution in [0.4, 0.5) is 11.4 Å². The molecule has 3 heterocycles. The van der Waals surface area contributed by atoms with E-state index in [1.54, 1.807) is 25.3 Å². The van der Waals surface area contributed by atoms with E-state index in [0.717, 1.165) is 22.5 Å². The topological polar surface area (TPSA) is 59.1 Å². The molecule has 2 amide bonds. The van der Waals surface area contributed by atoms with Crippen LogP contribution in [-0.2, 0) is 16.0 Å². The van der Waals surface area contributed by atoms with Crippen LogP contribution in [0.2, 0.25) is 0 Å². The molecule has 2 aliphatic heterocycles. The van der Waals surface area contributed by atoms with Gasteiger partial charge in [-0.05, 0) is 41.6 Å². The van der Waals surface area contributed by atoms with Gasteiger partial charge in [-0.3, -0.25) is 9.59 Å². The van der Waals surface area contributed by atoms with Gasteiger partial charge in [0.15, 0.2) is 0 Å². The third-order valence-corrected chi connectivity index (χ3v) is 6.50. The van der Waals surface area contributed by atoms with Crippen LogP contribution in [-0.4, -0.2) is 32.6 Å². The molecule has 0 atom stereocenters. The molecule has 1 aromatic heterocycles. The molecular formula is C24H20N2O4S. The Morgan fingerprint density at radius 1 is 0.903 bits per heavy atom. The summed E-state index contributed by atoms with van der Waals surface area (Å²) in [5, 5.41) is 1.91. The van der Waals surface area contributed by atoms with Crippen LogP contribution < -0.4 is 19.3 Å². The lowest BCUT2D eigenvalue weighted by Gasteiger charge is -2.22. The summed E-state index contributed by atoms with van der Waals surface area (Å²) in [5.41, 5.74) is 3.32. The maximum Gasteiger partial charge on any atom is 0.282 e. The third-order valence-electron chi connectivity index (χ3n) is 5.61. The fourth-order valence-electron chi connectivity index (χ4n) is 4.17. The Hall–Kier alpha value is -3.58. The lowest BCUT2D eigenvalue weighted by atomic mass is 10.1. The van der Waals surface area contributed by atoms with Crippen molar-refractivity contribution in [3.63, 3.8) is 0 Å². The van der Waals surface area contributed by atoms with Crippen molar-refractivity contribution in [1.82, 2.24) is 0 Å². The SMILES string of the molecule is COc1ccc(OC)c(N2C(=O)C(c3cccs3)=C(N3CCc4ccccc43)C2=O)c1. The summed E-state index contributed by atoms with van der Waals surface area (Å²) in [6.45, 7) is 0.645. The molecule has 31 heavy (non-hydrogen) atoms. The minimum atomic E-state index is -0.364. The van der Waals surface area contributed by atoms with Crippen molar-refractivity contribution in [3.05, 3.63) is 76.1 Å². The molecular weight excluding hydrogens is 412 g/mol. The van der Waals surface area contributed by atoms with Gasteiger partial charge in [-0.1, -0.05) is 24.3 Å². The zero-order chi connectivity index (χ0) is 21.5. The number of benzene rings is 2. The van der Waals surface area contributed by atoms with Gasteiger partial charge in [0.1, 0.15) is 17.2 Å². The van der Waals surface area contributed by atoms with Gasteiger partial charge in [-0.2, -0.15) is 0 Å². The Labute approximate surface area is 183 Å². The van der Waals surface area contributed by atoms with E-state index in [4.69, 9.17) is 9.47 Å². The molecule has 0 saturated carbocycles. The monoisotopic (exact) mass is 432 g/mol. The molecule has 6 nitrogen and oxygen atoms in total. The van der Waals surface area contributed by atoms with E-state index < -0.39 is 0 Å². The van der Waals surface area contributed by atoms with Gasteiger partial charge >= 0.3 is 0 Å². The Kier molecular flexibility index (Phi) is 4.75. The first-order chi connectivity index (χ1) is 15.1. The quantitative estimate of drug-likeness (QED) is 0.568. The standard InChI is InChI=1S/C24H20N2O4S/c1-29-16-9-10-19(30-2)18(14-16)26-23(27)21(20-8-5-13-31-20)22(24(26)28)25-12-11-15-6-3-4-7-17(15)25/h3-10,13-14H,11-12H2,1-2H3. The summed E-state index contributed by atoms with van der Waals surface area (Å²) in [4.78, 5) is 31.4. The van der Waals surface area contributed by atoms with Crippen molar-refractivity contribution in [1.29, 1.82) is 0 Å². The van der Waals surface area contributed by atoms with Crippen molar-refractivity contribution < 1.29 is 19.1 Å². The minimum absolute atomic E-state index is 0.363. The minimum Gasteiger partial charge on any atom is -0.497 e. The lowest BCUT2D eigenvalue weighted by molar-refractivity contribution is -0.120. The Bertz CT molecular complexity index is 1220. The van der Waals surface area contributed by atoms with Gasteiger partial charge in [0, 0.05) is 23.2 Å². The normalized spacial score (nSPS) is 15.7. The number of anilines is 2. The summed E-state index contributed by atoms with van der Waals surface area (Å²) in [6, 6.07) is 16.8. The number of methoxy groups -OCH3 is 2. The molecule has 0 N–H and O–H groups in total. The highest BCUT2D eigenvalue weighted by atomic mass is 32.1. The number of rotatable bonds is 5. The second-order valence-electron chi connectivity index (χ2n) is 7.21. The van der Waals surface area contributed by atoms with Crippen LogP contribution in [0.5, 0.6) is 11.5 Å². The first kappa shape index (κ1) is 19.4. The fourth-order valence-corrected chi connectivity index (χ4v) is 4.94. The highest BCUT2D eigenvalue weighted by molar-refractivity contribution is 7.11. The summed E-state index contributed by atoms with van der Waals surface area (Å²) in [5.74, 6) is 0.236. The third kappa shape index (κ3) is 3.00. The number of amides is 2. The van der Waals surface area contributed by atoms with Crippen molar-refractivity contribution in [2.45, 2.75) is 6.42 Å². The maximum absolute atomic E-state index is 13.8. The second-order valence-corrected chi connectivity index (χ2v) is 8.16. The van der Waals surface area contributed by atoms with Crippen LogP contribution in [0.1, 0.15) is 10.4 Å². The first-order valence-corrected chi connectivity index (χ1v) is 10.8. The van der Waals surface area contributed by atoms with Crippen LogP contribution in [0.15, 0.2) is 65.7 Å². The van der Waals surface area contributed by atoms with E-state index in [1.807, 2.05) is 40.6 Å². The van der Waals surface area contributed by atoms with Crippen molar-refractivity contribution in [2.24, 2.45) is 0 Å². The molecule has 0 saturated heterocycles. The molecule has 3 aromatic rings. The molecule has 0 unspecified atom stereocenters. The number of carbonyl (C=O) groups excluding carboxylic acids is 2. The van der Waals surface area contributed by atoms with Crippen molar-refractivity contribution >= 4 is 40.1 Å². The van der Waals surface area contributed by atoms with E-state index in [-0.39, 0.29) is 11.8 Å². The van der Waals surface area contributed by atoms with E-state index in [2.05, 4.69) is 6.07 Å². The second kappa shape index (κ2) is 7.59. The molecule has 0 aliphatic carbocycles. The van der Waals surface area contributed by atoms with Crippen LogP contribution >= 0.6 is 11.3 Å². The Morgan fingerprint density at radius 2 is 1.74 bits per heavy atom. The summed E-state index contributed by atoms with van der Waals surface area (Å²) in [6.07, 6.45) is 0.821. The predicted octanol–water partition coefficient (Wildman–Crippen LogP) is 4.11. The zero-order valence-corrected chi connectivity index (χ0v) is 17.9. The van der Waals surface area contributed by atoms with Crippen molar-refractivity contribution in [2.75, 3.05) is 30.6 Å². The molecule has 7 heteroatoms. The number of para-hydroxylation sites is 1. The molecule has 0 radical (unpaired) electrons. The largest absolute Gasteiger partial charge is 0.497 e. The first-order valence-electron chi connectivity index (χ1n) is 9.88. The average Bonchev–Trinajstić information content (AvgIpc) is 3.51. The van der Waals surface area contributed by atoms with Crippen molar-refractivity contribution in [3.8, 4) is 11.5 Å². The molecule has 0 bridgehead atoms. The summed E-state index contributed by atoms with van der Waals surface area (Å²) < 4.78 is 10.8.